The van der Waals surface area contributed by atoms with Gasteiger partial charge in [0.15, 0.2) is 5.76 Å². The number of carbonyl (C=O) groups excluding carboxylic acids is 1. The molecule has 0 saturated heterocycles. The Kier molecular flexibility index (Phi) is 5.30. The molecule has 3 aromatic rings. The van der Waals surface area contributed by atoms with Gasteiger partial charge in [0, 0.05) is 42.2 Å². The minimum absolute atomic E-state index is 0.0358. The van der Waals surface area contributed by atoms with E-state index < -0.39 is 5.78 Å². The van der Waals surface area contributed by atoms with Gasteiger partial charge < -0.3 is 24.3 Å². The molecule has 0 atom stereocenters. The first-order chi connectivity index (χ1) is 15.0. The minimum Gasteiger partial charge on any atom is -0.508 e. The number of benzene rings is 2. The standard InChI is InChI=1S/C24H22N2O5/c1-3-14-8-17(30-2)12-18-15(13-26(23(14)18)7-5-4-6-25)9-21-24(29)22-19(28)10-16(27)11-20(22)31-21/h8-13,27-28H,3-5,7H2,1-2H3/b21-9+. The zero-order valence-corrected chi connectivity index (χ0v) is 17.3. The molecule has 1 aliphatic rings. The van der Waals surface area contributed by atoms with Crippen molar-refractivity contribution in [2.24, 2.45) is 0 Å². The number of ether oxygens (including phenoxy) is 2. The number of rotatable bonds is 6. The van der Waals surface area contributed by atoms with Gasteiger partial charge in [-0.1, -0.05) is 6.92 Å². The molecule has 0 amide bonds. The topological polar surface area (TPSA) is 105 Å². The molecule has 0 aliphatic carbocycles. The van der Waals surface area contributed by atoms with E-state index in [1.165, 1.54) is 6.07 Å². The number of carbonyl (C=O) groups is 1. The first-order valence-corrected chi connectivity index (χ1v) is 10.0. The molecule has 0 bridgehead atoms. The number of phenols is 2. The van der Waals surface area contributed by atoms with E-state index in [1.54, 1.807) is 13.2 Å². The maximum Gasteiger partial charge on any atom is 0.235 e. The van der Waals surface area contributed by atoms with Crippen LogP contribution in [0, 0.1) is 11.3 Å². The summed E-state index contributed by atoms with van der Waals surface area (Å²) in [6, 6.07) is 8.49. The fourth-order valence-corrected chi connectivity index (χ4v) is 3.95. The quantitative estimate of drug-likeness (QED) is 0.450. The highest BCUT2D eigenvalue weighted by molar-refractivity contribution is 6.16. The SMILES string of the molecule is CCc1cc(OC)cc2c(/C=C3/Oc4cc(O)cc(O)c4C3=O)cn(CCCC#N)c12. The molecule has 2 aromatic carbocycles. The van der Waals surface area contributed by atoms with Crippen LogP contribution in [-0.2, 0) is 13.0 Å². The lowest BCUT2D eigenvalue weighted by atomic mass is 10.0. The van der Waals surface area contributed by atoms with Crippen molar-refractivity contribution in [2.45, 2.75) is 32.7 Å². The molecule has 158 valence electrons. The Morgan fingerprint density at radius 1 is 1.26 bits per heavy atom. The molecule has 0 fully saturated rings. The van der Waals surface area contributed by atoms with E-state index in [1.807, 2.05) is 18.3 Å². The van der Waals surface area contributed by atoms with Crippen molar-refractivity contribution in [1.29, 1.82) is 5.26 Å². The zero-order valence-electron chi connectivity index (χ0n) is 17.3. The van der Waals surface area contributed by atoms with E-state index in [4.69, 9.17) is 14.7 Å². The van der Waals surface area contributed by atoms with Crippen LogP contribution in [0.3, 0.4) is 0 Å². The van der Waals surface area contributed by atoms with Gasteiger partial charge in [-0.05, 0) is 36.6 Å². The van der Waals surface area contributed by atoms with E-state index in [2.05, 4.69) is 17.6 Å². The highest BCUT2D eigenvalue weighted by Crippen LogP contribution is 2.41. The summed E-state index contributed by atoms with van der Waals surface area (Å²) >= 11 is 0. The molecule has 0 unspecified atom stereocenters. The number of hydrogen-bond donors (Lipinski definition) is 2. The van der Waals surface area contributed by atoms with Gasteiger partial charge in [0.2, 0.25) is 5.78 Å². The van der Waals surface area contributed by atoms with E-state index in [-0.39, 0.29) is 28.6 Å². The minimum atomic E-state index is -0.448. The summed E-state index contributed by atoms with van der Waals surface area (Å²) in [5.41, 5.74) is 2.92. The number of unbranched alkanes of at least 4 members (excludes halogenated alkanes) is 1. The molecule has 7 nitrogen and oxygen atoms in total. The van der Waals surface area contributed by atoms with Gasteiger partial charge in [-0.15, -0.1) is 0 Å². The van der Waals surface area contributed by atoms with Crippen molar-refractivity contribution in [3.05, 3.63) is 52.9 Å². The second kappa shape index (κ2) is 8.07. The number of hydrogen-bond acceptors (Lipinski definition) is 6. The molecule has 2 heterocycles. The molecule has 1 aliphatic heterocycles. The summed E-state index contributed by atoms with van der Waals surface area (Å²) in [4.78, 5) is 12.8. The Morgan fingerprint density at radius 3 is 2.77 bits per heavy atom. The molecule has 0 saturated carbocycles. The van der Waals surface area contributed by atoms with E-state index >= 15 is 0 Å². The molecular weight excluding hydrogens is 396 g/mol. The zero-order chi connectivity index (χ0) is 22.1. The molecule has 0 radical (unpaired) electrons. The number of Topliss-reactive ketones (excluding diaryl/α,β-unsaturated/α-hetero) is 1. The Bertz CT molecular complexity index is 1260. The number of aromatic nitrogens is 1. The predicted octanol–water partition coefficient (Wildman–Crippen LogP) is 4.54. The van der Waals surface area contributed by atoms with Crippen LogP contribution in [0.15, 0.2) is 36.2 Å². The Morgan fingerprint density at radius 2 is 2.06 bits per heavy atom. The number of aryl methyl sites for hydroxylation is 2. The molecule has 1 aromatic heterocycles. The highest BCUT2D eigenvalue weighted by atomic mass is 16.5. The fourth-order valence-electron chi connectivity index (χ4n) is 3.95. The second-order valence-corrected chi connectivity index (χ2v) is 7.35. The molecule has 0 spiro atoms. The Hall–Kier alpha value is -3.92. The Balaban J connectivity index is 1.85. The summed E-state index contributed by atoms with van der Waals surface area (Å²) in [6.45, 7) is 2.73. The van der Waals surface area contributed by atoms with Crippen LogP contribution in [-0.4, -0.2) is 27.7 Å². The molecular formula is C24H22N2O5. The van der Waals surface area contributed by atoms with Gasteiger partial charge in [-0.25, -0.2) is 0 Å². The van der Waals surface area contributed by atoms with Crippen molar-refractivity contribution in [1.82, 2.24) is 4.57 Å². The second-order valence-electron chi connectivity index (χ2n) is 7.35. The lowest BCUT2D eigenvalue weighted by molar-refractivity contribution is 0.101. The third-order valence-electron chi connectivity index (χ3n) is 5.38. The van der Waals surface area contributed by atoms with Crippen molar-refractivity contribution in [2.75, 3.05) is 7.11 Å². The van der Waals surface area contributed by atoms with Crippen molar-refractivity contribution < 1.29 is 24.5 Å². The molecule has 7 heteroatoms. The van der Waals surface area contributed by atoms with Crippen LogP contribution in [0.5, 0.6) is 23.0 Å². The number of phenolic OH excluding ortho intramolecular Hbond substituents is 2. The predicted molar refractivity (Wildman–Crippen MR) is 115 cm³/mol. The smallest absolute Gasteiger partial charge is 0.235 e. The summed E-state index contributed by atoms with van der Waals surface area (Å²) in [5, 5.41) is 29.6. The normalized spacial score (nSPS) is 14.0. The van der Waals surface area contributed by atoms with Gasteiger partial charge in [0.25, 0.3) is 0 Å². The van der Waals surface area contributed by atoms with Crippen molar-refractivity contribution in [3.8, 4) is 29.1 Å². The summed E-state index contributed by atoms with van der Waals surface area (Å²) < 4.78 is 13.2. The summed E-state index contributed by atoms with van der Waals surface area (Å²) in [7, 11) is 1.61. The Labute approximate surface area is 179 Å². The average molecular weight is 418 g/mol. The lowest BCUT2D eigenvalue weighted by Crippen LogP contribution is -1.99. The van der Waals surface area contributed by atoms with E-state index in [9.17, 15) is 15.0 Å². The number of aromatic hydroxyl groups is 2. The number of allylic oxidation sites excluding steroid dienone is 1. The summed E-state index contributed by atoms with van der Waals surface area (Å²) in [5.74, 6) is -0.0556. The van der Waals surface area contributed by atoms with Crippen LogP contribution >= 0.6 is 0 Å². The maximum absolute atomic E-state index is 12.8. The number of nitriles is 1. The summed E-state index contributed by atoms with van der Waals surface area (Å²) in [6.07, 6.45) is 5.53. The number of nitrogens with zero attached hydrogens (tertiary/aromatic N) is 2. The van der Waals surface area contributed by atoms with Gasteiger partial charge in [0.1, 0.15) is 28.6 Å². The van der Waals surface area contributed by atoms with Gasteiger partial charge >= 0.3 is 0 Å². The van der Waals surface area contributed by atoms with E-state index in [0.29, 0.717) is 25.1 Å². The number of ketones is 1. The van der Waals surface area contributed by atoms with Crippen molar-refractivity contribution in [3.63, 3.8) is 0 Å². The molecule has 4 rings (SSSR count). The molecule has 31 heavy (non-hydrogen) atoms. The number of fused-ring (bicyclic) bond motifs is 2. The van der Waals surface area contributed by atoms with Crippen molar-refractivity contribution >= 4 is 22.8 Å². The van der Waals surface area contributed by atoms with Crippen LogP contribution in [0.1, 0.15) is 41.3 Å². The average Bonchev–Trinajstić information content (AvgIpc) is 3.25. The van der Waals surface area contributed by atoms with Crippen LogP contribution in [0.25, 0.3) is 17.0 Å². The van der Waals surface area contributed by atoms with Crippen LogP contribution in [0.2, 0.25) is 0 Å². The van der Waals surface area contributed by atoms with E-state index in [0.717, 1.165) is 34.5 Å². The monoisotopic (exact) mass is 418 g/mol. The largest absolute Gasteiger partial charge is 0.508 e. The molecule has 2 N–H and O–H groups in total. The third-order valence-corrected chi connectivity index (χ3v) is 5.38. The van der Waals surface area contributed by atoms with Gasteiger partial charge in [0.05, 0.1) is 18.7 Å². The maximum atomic E-state index is 12.8. The van der Waals surface area contributed by atoms with Gasteiger partial charge in [-0.2, -0.15) is 5.26 Å². The first kappa shape index (κ1) is 20.4. The third kappa shape index (κ3) is 3.57. The lowest BCUT2D eigenvalue weighted by Gasteiger charge is -2.10. The number of methoxy groups -OCH3 is 1. The first-order valence-electron chi connectivity index (χ1n) is 10.0. The van der Waals surface area contributed by atoms with Gasteiger partial charge in [-0.3, -0.25) is 4.79 Å². The van der Waals surface area contributed by atoms with Crippen LogP contribution in [0.4, 0.5) is 0 Å². The van der Waals surface area contributed by atoms with Crippen LogP contribution < -0.4 is 9.47 Å². The fraction of sp³-hybridized carbons (Fsp3) is 0.250. The highest BCUT2D eigenvalue weighted by Gasteiger charge is 2.31.